The first-order valence-electron chi connectivity index (χ1n) is 6.47. The van der Waals surface area contributed by atoms with E-state index in [1.165, 1.54) is 0 Å². The van der Waals surface area contributed by atoms with E-state index in [2.05, 4.69) is 15.6 Å². The molecule has 1 heterocycles. The van der Waals surface area contributed by atoms with E-state index in [1.807, 2.05) is 37.3 Å². The highest BCUT2D eigenvalue weighted by Crippen LogP contribution is 2.29. The summed E-state index contributed by atoms with van der Waals surface area (Å²) in [6.45, 7) is 2.01. The lowest BCUT2D eigenvalue weighted by Gasteiger charge is -2.25. The summed E-state index contributed by atoms with van der Waals surface area (Å²) in [7, 11) is 0. The van der Waals surface area contributed by atoms with E-state index in [4.69, 9.17) is 0 Å². The minimum absolute atomic E-state index is 0.00407. The van der Waals surface area contributed by atoms with Gasteiger partial charge in [-0.05, 0) is 24.8 Å². The van der Waals surface area contributed by atoms with Gasteiger partial charge in [0.15, 0.2) is 5.96 Å². The van der Waals surface area contributed by atoms with Crippen LogP contribution in [0.3, 0.4) is 0 Å². The number of hydrogen-bond acceptors (Lipinski definition) is 2. The van der Waals surface area contributed by atoms with Gasteiger partial charge in [-0.15, -0.1) is 0 Å². The van der Waals surface area contributed by atoms with Crippen LogP contribution in [-0.2, 0) is 10.3 Å². The predicted molar refractivity (Wildman–Crippen MR) is 70.1 cm³/mol. The highest BCUT2D eigenvalue weighted by atomic mass is 16.2. The quantitative estimate of drug-likeness (QED) is 0.846. The molecule has 0 spiro atoms. The van der Waals surface area contributed by atoms with E-state index in [0.29, 0.717) is 18.4 Å². The van der Waals surface area contributed by atoms with E-state index in [-0.39, 0.29) is 5.91 Å². The van der Waals surface area contributed by atoms with Crippen LogP contribution in [0, 0.1) is 0 Å². The highest BCUT2D eigenvalue weighted by molar-refractivity contribution is 6.09. The zero-order valence-corrected chi connectivity index (χ0v) is 10.4. The van der Waals surface area contributed by atoms with Gasteiger partial charge < -0.3 is 5.32 Å². The first-order chi connectivity index (χ1) is 8.74. The summed E-state index contributed by atoms with van der Waals surface area (Å²) in [5.74, 6) is 0.629. The Morgan fingerprint density at radius 3 is 2.67 bits per heavy atom. The molecule has 1 saturated carbocycles. The van der Waals surface area contributed by atoms with Crippen LogP contribution >= 0.6 is 0 Å². The van der Waals surface area contributed by atoms with Crippen LogP contribution in [-0.4, -0.2) is 17.9 Å². The van der Waals surface area contributed by atoms with E-state index in [1.54, 1.807) is 0 Å². The van der Waals surface area contributed by atoms with Crippen molar-refractivity contribution in [3.8, 4) is 0 Å². The maximum Gasteiger partial charge on any atom is 0.257 e. The van der Waals surface area contributed by atoms with Crippen molar-refractivity contribution >= 4 is 11.9 Å². The molecule has 94 valence electrons. The van der Waals surface area contributed by atoms with Gasteiger partial charge in [-0.3, -0.25) is 10.1 Å². The summed E-state index contributed by atoms with van der Waals surface area (Å²) in [6, 6.07) is 10.2. The fraction of sp³-hybridized carbons (Fsp3) is 0.429. The van der Waals surface area contributed by atoms with E-state index < -0.39 is 5.54 Å². The average molecular weight is 243 g/mol. The summed E-state index contributed by atoms with van der Waals surface area (Å²) < 4.78 is 0. The van der Waals surface area contributed by atoms with Crippen LogP contribution in [0.5, 0.6) is 0 Å². The van der Waals surface area contributed by atoms with Gasteiger partial charge in [0.2, 0.25) is 0 Å². The van der Waals surface area contributed by atoms with Crippen molar-refractivity contribution in [2.45, 2.75) is 37.8 Å². The molecule has 1 aromatic rings. The second kappa shape index (κ2) is 4.12. The molecule has 1 atom stereocenters. The predicted octanol–water partition coefficient (Wildman–Crippen LogP) is 1.53. The van der Waals surface area contributed by atoms with Crippen molar-refractivity contribution in [1.29, 1.82) is 0 Å². The molecular formula is C14H17N3O. The van der Waals surface area contributed by atoms with Gasteiger partial charge in [-0.2, -0.15) is 0 Å². The third kappa shape index (κ3) is 1.78. The summed E-state index contributed by atoms with van der Waals surface area (Å²) in [5.41, 5.74) is 0.334. The van der Waals surface area contributed by atoms with Gasteiger partial charge >= 0.3 is 0 Å². The summed E-state index contributed by atoms with van der Waals surface area (Å²) >= 11 is 0. The lowest BCUT2D eigenvalue weighted by atomic mass is 9.87. The van der Waals surface area contributed by atoms with Crippen molar-refractivity contribution < 1.29 is 4.79 Å². The fourth-order valence-corrected chi connectivity index (χ4v) is 2.33. The van der Waals surface area contributed by atoms with Gasteiger partial charge in [0.1, 0.15) is 5.54 Å². The highest BCUT2D eigenvalue weighted by Gasteiger charge is 2.45. The van der Waals surface area contributed by atoms with E-state index in [0.717, 1.165) is 18.4 Å². The van der Waals surface area contributed by atoms with E-state index in [9.17, 15) is 4.79 Å². The molecule has 18 heavy (non-hydrogen) atoms. The average Bonchev–Trinajstić information content (AvgIpc) is 3.14. The third-order valence-corrected chi connectivity index (χ3v) is 3.61. The molecule has 0 bridgehead atoms. The summed E-state index contributed by atoms with van der Waals surface area (Å²) in [4.78, 5) is 16.8. The number of guanidine groups is 1. The molecule has 3 rings (SSSR count). The van der Waals surface area contributed by atoms with Crippen LogP contribution in [0.25, 0.3) is 0 Å². The number of aliphatic imine (C=N–C) groups is 1. The molecule has 2 fully saturated rings. The smallest absolute Gasteiger partial charge is 0.257 e. The van der Waals surface area contributed by atoms with E-state index >= 15 is 0 Å². The minimum Gasteiger partial charge on any atom is -0.338 e. The lowest BCUT2D eigenvalue weighted by molar-refractivity contribution is -0.124. The van der Waals surface area contributed by atoms with Gasteiger partial charge in [0, 0.05) is 0 Å². The van der Waals surface area contributed by atoms with Crippen LogP contribution < -0.4 is 10.6 Å². The van der Waals surface area contributed by atoms with Crippen LogP contribution in [0.1, 0.15) is 31.7 Å². The molecular weight excluding hydrogens is 226 g/mol. The topological polar surface area (TPSA) is 53.5 Å². The van der Waals surface area contributed by atoms with Crippen molar-refractivity contribution in [2.75, 3.05) is 0 Å². The maximum atomic E-state index is 12.3. The number of hydrogen-bond donors (Lipinski definition) is 2. The number of nitrogens with zero attached hydrogens (tertiary/aromatic N) is 1. The van der Waals surface area contributed by atoms with Crippen molar-refractivity contribution in [1.82, 2.24) is 10.6 Å². The Balaban J connectivity index is 1.94. The number of amides is 1. The van der Waals surface area contributed by atoms with Gasteiger partial charge in [0.25, 0.3) is 5.91 Å². The number of rotatable bonds is 3. The Hall–Kier alpha value is -1.84. The molecule has 4 heteroatoms. The molecule has 2 N–H and O–H groups in total. The Morgan fingerprint density at radius 1 is 1.33 bits per heavy atom. The van der Waals surface area contributed by atoms with Crippen LogP contribution in [0.15, 0.2) is 35.3 Å². The van der Waals surface area contributed by atoms with Gasteiger partial charge in [0.05, 0.1) is 6.04 Å². The lowest BCUT2D eigenvalue weighted by Crippen LogP contribution is -2.43. The molecule has 1 aliphatic heterocycles. The standard InChI is InChI=1S/C14H17N3O/c1-2-14(10-6-4-3-5-7-10)12(18)16-13(17-14)15-11-8-9-11/h3-7,11H,2,8-9H2,1H3,(H2,15,16,17,18). The number of benzene rings is 1. The number of nitrogens with one attached hydrogen (secondary N) is 2. The number of carbonyl (C=O) groups excluding carboxylic acids is 1. The first kappa shape index (κ1) is 11.3. The Morgan fingerprint density at radius 2 is 2.06 bits per heavy atom. The summed E-state index contributed by atoms with van der Waals surface area (Å²) in [6.07, 6.45) is 2.96. The molecule has 2 aliphatic rings. The zero-order chi connectivity index (χ0) is 12.6. The first-order valence-corrected chi connectivity index (χ1v) is 6.47. The molecule has 1 aliphatic carbocycles. The maximum absolute atomic E-state index is 12.3. The normalized spacial score (nSPS) is 29.2. The second-order valence-electron chi connectivity index (χ2n) is 4.91. The van der Waals surface area contributed by atoms with Gasteiger partial charge in [-0.1, -0.05) is 37.3 Å². The Kier molecular flexibility index (Phi) is 2.58. The molecule has 1 unspecified atom stereocenters. The van der Waals surface area contributed by atoms with Crippen molar-refractivity contribution in [2.24, 2.45) is 4.99 Å². The molecule has 1 aromatic carbocycles. The summed E-state index contributed by atoms with van der Waals surface area (Å²) in [5, 5.41) is 6.15. The molecule has 1 saturated heterocycles. The molecule has 0 radical (unpaired) electrons. The minimum atomic E-state index is -0.658. The fourth-order valence-electron chi connectivity index (χ4n) is 2.33. The Labute approximate surface area is 106 Å². The molecule has 1 amide bonds. The number of carbonyl (C=O) groups is 1. The molecule has 0 aromatic heterocycles. The van der Waals surface area contributed by atoms with Crippen LogP contribution in [0.2, 0.25) is 0 Å². The third-order valence-electron chi connectivity index (χ3n) is 3.61. The van der Waals surface area contributed by atoms with Crippen LogP contribution in [0.4, 0.5) is 0 Å². The zero-order valence-electron chi connectivity index (χ0n) is 10.4. The molecule has 4 nitrogen and oxygen atoms in total. The van der Waals surface area contributed by atoms with Crippen molar-refractivity contribution in [3.05, 3.63) is 35.9 Å². The SMILES string of the molecule is CCC1(c2ccccc2)NC(=NC2CC2)NC1=O. The second-order valence-corrected chi connectivity index (χ2v) is 4.91. The monoisotopic (exact) mass is 243 g/mol. The van der Waals surface area contributed by atoms with Crippen molar-refractivity contribution in [3.63, 3.8) is 0 Å². The Bertz CT molecular complexity index is 493. The largest absolute Gasteiger partial charge is 0.338 e. The van der Waals surface area contributed by atoms with Gasteiger partial charge in [-0.25, -0.2) is 4.99 Å².